The van der Waals surface area contributed by atoms with Gasteiger partial charge in [0.2, 0.25) is 0 Å². The van der Waals surface area contributed by atoms with E-state index in [1.54, 1.807) is 0 Å². The Morgan fingerprint density at radius 3 is 1.67 bits per heavy atom. The molecule has 0 heterocycles. The number of hydrogen-bond acceptors (Lipinski definition) is 3. The van der Waals surface area contributed by atoms with E-state index in [1.807, 2.05) is 12.1 Å². The van der Waals surface area contributed by atoms with Crippen molar-refractivity contribution in [1.82, 2.24) is 0 Å². The van der Waals surface area contributed by atoms with Crippen LogP contribution in [0.3, 0.4) is 0 Å². The minimum Gasteiger partial charge on any atom is -0.402 e. The van der Waals surface area contributed by atoms with Gasteiger partial charge in [-0.3, -0.25) is 0 Å². The van der Waals surface area contributed by atoms with Crippen molar-refractivity contribution in [2.45, 2.75) is 0 Å². The van der Waals surface area contributed by atoms with Crippen LogP contribution in [0.2, 0.25) is 0 Å². The fourth-order valence-electron chi connectivity index (χ4n) is 0.533. The first-order valence-corrected chi connectivity index (χ1v) is 4.28. The minimum absolute atomic E-state index is 0.149. The van der Waals surface area contributed by atoms with E-state index in [0.29, 0.717) is 0 Å². The smallest absolute Gasteiger partial charge is 0.402 e. The summed E-state index contributed by atoms with van der Waals surface area (Å²) in [6.45, 7) is 0. The van der Waals surface area contributed by atoms with Gasteiger partial charge in [-0.1, -0.05) is 0 Å². The van der Waals surface area contributed by atoms with Crippen molar-refractivity contribution in [3.63, 3.8) is 0 Å². The molecule has 0 saturated heterocycles. The third kappa shape index (κ3) is 8.19. The first-order chi connectivity index (χ1) is 5.52. The maximum atomic E-state index is 12.1. The summed E-state index contributed by atoms with van der Waals surface area (Å²) in [6, 6.07) is 6.59. The first-order valence-electron chi connectivity index (χ1n) is 3.28. The zero-order chi connectivity index (χ0) is 9.56. The van der Waals surface area contributed by atoms with E-state index < -0.39 is 7.32 Å². The van der Waals surface area contributed by atoms with Crippen molar-refractivity contribution in [3.8, 4) is 0 Å². The molecule has 12 heavy (non-hydrogen) atoms. The molecule has 0 spiro atoms. The number of halogens is 1. The second kappa shape index (κ2) is 6.59. The Morgan fingerprint density at radius 2 is 1.42 bits per heavy atom. The van der Waals surface area contributed by atoms with Crippen LogP contribution in [-0.4, -0.2) is 50.3 Å². The molecule has 0 radical (unpaired) electrons. The third-order valence-electron chi connectivity index (χ3n) is 1.01. The zero-order valence-electron chi connectivity index (χ0n) is 6.61. The molecule has 0 bridgehead atoms. The molecule has 0 aliphatic heterocycles. The van der Waals surface area contributed by atoms with E-state index in [0.717, 1.165) is 27.9 Å². The zero-order valence-corrected chi connectivity index (χ0v) is 8.61. The molecule has 3 nitrogen and oxygen atoms in total. The standard InChI is InChI=1S/C6H4F.BH3O3.Na/c7-6-4-2-1-3-5-6;2-1(3)4;/h2-5H;2-4H;. The summed E-state index contributed by atoms with van der Waals surface area (Å²) < 4.78 is 13.3. The van der Waals surface area contributed by atoms with E-state index in [-0.39, 0.29) is 5.82 Å². The molecular formula is C6H7BFNaO3. The van der Waals surface area contributed by atoms with Crippen LogP contribution in [0.5, 0.6) is 0 Å². The quantitative estimate of drug-likeness (QED) is 0.429. The fourth-order valence-corrected chi connectivity index (χ4v) is 0.867. The normalized spacial score (nSPS) is 8.50. The van der Waals surface area contributed by atoms with E-state index in [2.05, 4.69) is 0 Å². The number of rotatable bonds is 0. The molecule has 0 aromatic heterocycles. The SMILES string of the molecule is Fc1cc[c]([Na])cc1.OB(O)O. The summed E-state index contributed by atoms with van der Waals surface area (Å²) in [5.74, 6) is -0.149. The Morgan fingerprint density at radius 1 is 1.08 bits per heavy atom. The maximum absolute atomic E-state index is 12.1. The maximum Gasteiger partial charge on any atom is 0.631 e. The van der Waals surface area contributed by atoms with Gasteiger partial charge in [0.25, 0.3) is 0 Å². The van der Waals surface area contributed by atoms with Crippen LogP contribution in [0.15, 0.2) is 24.3 Å². The Bertz CT molecular complexity index is 193. The van der Waals surface area contributed by atoms with E-state index in [4.69, 9.17) is 15.1 Å². The Kier molecular flexibility index (Phi) is 6.65. The van der Waals surface area contributed by atoms with Crippen LogP contribution in [-0.2, 0) is 0 Å². The third-order valence-corrected chi connectivity index (χ3v) is 1.68. The molecule has 3 N–H and O–H groups in total. The van der Waals surface area contributed by atoms with E-state index in [1.165, 1.54) is 14.9 Å². The Hall–Kier alpha value is 0.0949. The van der Waals surface area contributed by atoms with Crippen molar-refractivity contribution in [3.05, 3.63) is 30.1 Å². The number of hydrogen-bond donors (Lipinski definition) is 3. The molecule has 1 aromatic carbocycles. The molecule has 0 aliphatic rings. The van der Waals surface area contributed by atoms with Gasteiger partial charge < -0.3 is 15.1 Å². The molecule has 1 aromatic rings. The first kappa shape index (κ1) is 12.1. The summed E-state index contributed by atoms with van der Waals surface area (Å²) in [7, 11) is -2.17. The molecule has 0 saturated carbocycles. The van der Waals surface area contributed by atoms with Crippen LogP contribution in [0.25, 0.3) is 0 Å². The average Bonchev–Trinajstić information content (AvgIpc) is 1.94. The molecule has 1 rings (SSSR count). The Balaban J connectivity index is 0.000000261. The second-order valence-corrected chi connectivity index (χ2v) is 3.30. The summed E-state index contributed by atoms with van der Waals surface area (Å²) in [5.41, 5.74) is 0. The van der Waals surface area contributed by atoms with Gasteiger partial charge >= 0.3 is 72.5 Å². The van der Waals surface area contributed by atoms with Gasteiger partial charge in [-0.15, -0.1) is 0 Å². The summed E-state index contributed by atoms with van der Waals surface area (Å²) in [5, 5.41) is 21.5. The summed E-state index contributed by atoms with van der Waals surface area (Å²) >= 11 is 1.00. The van der Waals surface area contributed by atoms with Gasteiger partial charge in [0, 0.05) is 0 Å². The van der Waals surface area contributed by atoms with Gasteiger partial charge in [-0.2, -0.15) is 0 Å². The summed E-state index contributed by atoms with van der Waals surface area (Å²) in [6.07, 6.45) is 0. The van der Waals surface area contributed by atoms with Crippen LogP contribution >= 0.6 is 0 Å². The van der Waals surface area contributed by atoms with E-state index in [9.17, 15) is 4.39 Å². The van der Waals surface area contributed by atoms with Crippen molar-refractivity contribution in [2.75, 3.05) is 0 Å². The fraction of sp³-hybridized carbons (Fsp3) is 0. The predicted octanol–water partition coefficient (Wildman–Crippen LogP) is -1.43. The van der Waals surface area contributed by atoms with Gasteiger partial charge in [0.1, 0.15) is 0 Å². The molecular weight excluding hydrogens is 173 g/mol. The molecule has 60 valence electrons. The summed E-state index contributed by atoms with van der Waals surface area (Å²) in [4.78, 5) is 0. The second-order valence-electron chi connectivity index (χ2n) is 2.14. The van der Waals surface area contributed by atoms with Crippen LogP contribution in [0.4, 0.5) is 4.39 Å². The van der Waals surface area contributed by atoms with Crippen molar-refractivity contribution >= 4 is 38.1 Å². The van der Waals surface area contributed by atoms with Gasteiger partial charge in [0.05, 0.1) is 0 Å². The Labute approximate surface area is 87.4 Å². The largest absolute Gasteiger partial charge is 0.631 e. The van der Waals surface area contributed by atoms with Gasteiger partial charge in [-0.05, 0) is 0 Å². The molecule has 0 atom stereocenters. The van der Waals surface area contributed by atoms with Crippen molar-refractivity contribution < 1.29 is 19.5 Å². The van der Waals surface area contributed by atoms with Gasteiger partial charge in [-0.25, -0.2) is 0 Å². The number of benzene rings is 1. The van der Waals surface area contributed by atoms with Crippen molar-refractivity contribution in [2.24, 2.45) is 0 Å². The van der Waals surface area contributed by atoms with E-state index >= 15 is 0 Å². The molecule has 6 heteroatoms. The van der Waals surface area contributed by atoms with Gasteiger partial charge in [0.15, 0.2) is 0 Å². The average molecular weight is 180 g/mol. The molecule has 0 amide bonds. The monoisotopic (exact) mass is 180 g/mol. The van der Waals surface area contributed by atoms with Crippen LogP contribution < -0.4 is 2.81 Å². The van der Waals surface area contributed by atoms with Crippen LogP contribution in [0.1, 0.15) is 0 Å². The molecule has 0 aliphatic carbocycles. The van der Waals surface area contributed by atoms with Crippen molar-refractivity contribution in [1.29, 1.82) is 0 Å². The topological polar surface area (TPSA) is 60.7 Å². The van der Waals surface area contributed by atoms with Crippen LogP contribution in [0, 0.1) is 5.82 Å². The molecule has 0 fully saturated rings. The molecule has 0 unspecified atom stereocenters. The minimum atomic E-state index is -2.17. The predicted molar refractivity (Wildman–Crippen MR) is 44.2 cm³/mol.